The highest BCUT2D eigenvalue weighted by molar-refractivity contribution is 5.27. The summed E-state index contributed by atoms with van der Waals surface area (Å²) in [6.07, 6.45) is 2.60. The van der Waals surface area contributed by atoms with Crippen LogP contribution in [0.5, 0.6) is 0 Å². The standard InChI is InChI=1S/C17H16FN3O/c18-15-8-6-14(7-9-15)17(22)16(12-21-11-10-19-20-21)13-4-2-1-3-5-13/h1-11,16-17,22H,12H2/t16-,17-/m0/s1. The minimum Gasteiger partial charge on any atom is -0.388 e. The predicted molar refractivity (Wildman–Crippen MR) is 80.6 cm³/mol. The molecule has 0 unspecified atom stereocenters. The fourth-order valence-electron chi connectivity index (χ4n) is 2.51. The van der Waals surface area contributed by atoms with E-state index in [2.05, 4.69) is 10.3 Å². The van der Waals surface area contributed by atoms with E-state index in [-0.39, 0.29) is 11.7 Å². The van der Waals surface area contributed by atoms with E-state index in [1.807, 2.05) is 30.3 Å². The molecule has 0 aliphatic carbocycles. The molecule has 4 nitrogen and oxygen atoms in total. The third-order valence-corrected chi connectivity index (χ3v) is 3.68. The van der Waals surface area contributed by atoms with Gasteiger partial charge in [0.2, 0.25) is 0 Å². The van der Waals surface area contributed by atoms with Crippen molar-refractivity contribution in [3.8, 4) is 0 Å². The van der Waals surface area contributed by atoms with Crippen LogP contribution in [-0.2, 0) is 6.54 Å². The first-order valence-corrected chi connectivity index (χ1v) is 7.06. The van der Waals surface area contributed by atoms with Crippen molar-refractivity contribution in [2.75, 3.05) is 0 Å². The molecule has 0 aliphatic heterocycles. The van der Waals surface area contributed by atoms with Gasteiger partial charge in [0.05, 0.1) is 18.8 Å². The molecular weight excluding hydrogens is 281 g/mol. The van der Waals surface area contributed by atoms with E-state index in [1.54, 1.807) is 29.2 Å². The Kier molecular flexibility index (Phi) is 4.25. The lowest BCUT2D eigenvalue weighted by Gasteiger charge is -2.23. The number of rotatable bonds is 5. The molecule has 1 aromatic heterocycles. The summed E-state index contributed by atoms with van der Waals surface area (Å²) in [5.74, 6) is -0.517. The van der Waals surface area contributed by atoms with Gasteiger partial charge in [-0.15, -0.1) is 5.10 Å². The van der Waals surface area contributed by atoms with Crippen molar-refractivity contribution in [1.29, 1.82) is 0 Å². The molecule has 1 N–H and O–H groups in total. The first kappa shape index (κ1) is 14.4. The highest BCUT2D eigenvalue weighted by Crippen LogP contribution is 2.32. The Morgan fingerprint density at radius 3 is 2.36 bits per heavy atom. The molecule has 0 aliphatic rings. The highest BCUT2D eigenvalue weighted by Gasteiger charge is 2.23. The molecule has 0 saturated carbocycles. The van der Waals surface area contributed by atoms with Crippen molar-refractivity contribution in [1.82, 2.24) is 15.0 Å². The number of aliphatic hydroxyl groups is 1. The van der Waals surface area contributed by atoms with Crippen molar-refractivity contribution in [2.24, 2.45) is 0 Å². The molecule has 3 aromatic rings. The van der Waals surface area contributed by atoms with Gasteiger partial charge >= 0.3 is 0 Å². The normalized spacial score (nSPS) is 13.7. The fourth-order valence-corrected chi connectivity index (χ4v) is 2.51. The predicted octanol–water partition coefficient (Wildman–Crippen LogP) is 2.93. The summed E-state index contributed by atoms with van der Waals surface area (Å²) in [5, 5.41) is 18.5. The Hall–Kier alpha value is -2.53. The molecule has 0 amide bonds. The van der Waals surface area contributed by atoms with Crippen molar-refractivity contribution in [3.63, 3.8) is 0 Å². The van der Waals surface area contributed by atoms with Crippen LogP contribution in [0.15, 0.2) is 67.0 Å². The number of aliphatic hydroxyl groups excluding tert-OH is 1. The molecule has 0 spiro atoms. The number of benzene rings is 2. The van der Waals surface area contributed by atoms with Crippen LogP contribution in [0.25, 0.3) is 0 Å². The molecule has 3 rings (SSSR count). The minimum atomic E-state index is -0.757. The van der Waals surface area contributed by atoms with Crippen LogP contribution >= 0.6 is 0 Å². The van der Waals surface area contributed by atoms with Gasteiger partial charge in [0.15, 0.2) is 0 Å². The number of aromatic nitrogens is 3. The molecule has 0 radical (unpaired) electrons. The molecular formula is C17H16FN3O. The third-order valence-electron chi connectivity index (χ3n) is 3.68. The maximum Gasteiger partial charge on any atom is 0.123 e. The molecule has 22 heavy (non-hydrogen) atoms. The van der Waals surface area contributed by atoms with E-state index in [0.717, 1.165) is 5.56 Å². The van der Waals surface area contributed by atoms with Crippen LogP contribution in [0.2, 0.25) is 0 Å². The van der Waals surface area contributed by atoms with Crippen LogP contribution in [0, 0.1) is 5.82 Å². The SMILES string of the molecule is O[C@@H](c1ccc(F)cc1)[C@@H](Cn1ccnn1)c1ccccc1. The summed E-state index contributed by atoms with van der Waals surface area (Å²) in [6.45, 7) is 0.489. The molecule has 112 valence electrons. The fraction of sp³-hybridized carbons (Fsp3) is 0.176. The van der Waals surface area contributed by atoms with Crippen LogP contribution in [0.1, 0.15) is 23.1 Å². The first-order valence-electron chi connectivity index (χ1n) is 7.06. The van der Waals surface area contributed by atoms with Gasteiger partial charge in [-0.1, -0.05) is 47.7 Å². The quantitative estimate of drug-likeness (QED) is 0.787. The number of halogens is 1. The Morgan fingerprint density at radius 1 is 1.00 bits per heavy atom. The molecule has 2 atom stereocenters. The van der Waals surface area contributed by atoms with Crippen LogP contribution in [0.3, 0.4) is 0 Å². The smallest absolute Gasteiger partial charge is 0.123 e. The molecule has 2 aromatic carbocycles. The van der Waals surface area contributed by atoms with Crippen molar-refractivity contribution in [3.05, 3.63) is 83.9 Å². The van der Waals surface area contributed by atoms with Crippen molar-refractivity contribution >= 4 is 0 Å². The second-order valence-corrected chi connectivity index (χ2v) is 5.14. The zero-order chi connectivity index (χ0) is 15.4. The maximum absolute atomic E-state index is 13.1. The highest BCUT2D eigenvalue weighted by atomic mass is 19.1. The van der Waals surface area contributed by atoms with E-state index in [1.165, 1.54) is 12.1 Å². The van der Waals surface area contributed by atoms with Crippen molar-refractivity contribution < 1.29 is 9.50 Å². The minimum absolute atomic E-state index is 0.201. The lowest BCUT2D eigenvalue weighted by Crippen LogP contribution is -2.18. The maximum atomic E-state index is 13.1. The largest absolute Gasteiger partial charge is 0.388 e. The summed E-state index contributed by atoms with van der Waals surface area (Å²) in [4.78, 5) is 0. The van der Waals surface area contributed by atoms with E-state index in [4.69, 9.17) is 0 Å². The number of hydrogen-bond donors (Lipinski definition) is 1. The molecule has 0 bridgehead atoms. The van der Waals surface area contributed by atoms with E-state index in [0.29, 0.717) is 12.1 Å². The van der Waals surface area contributed by atoms with Crippen LogP contribution < -0.4 is 0 Å². The summed E-state index contributed by atoms with van der Waals surface area (Å²) >= 11 is 0. The second kappa shape index (κ2) is 6.49. The lowest BCUT2D eigenvalue weighted by atomic mass is 9.89. The summed E-state index contributed by atoms with van der Waals surface area (Å²) in [5.41, 5.74) is 1.67. The summed E-state index contributed by atoms with van der Waals surface area (Å²) in [7, 11) is 0. The van der Waals surface area contributed by atoms with Gasteiger partial charge < -0.3 is 5.11 Å². The van der Waals surface area contributed by atoms with Crippen LogP contribution in [-0.4, -0.2) is 20.1 Å². The van der Waals surface area contributed by atoms with E-state index >= 15 is 0 Å². The van der Waals surface area contributed by atoms with Gasteiger partial charge in [-0.2, -0.15) is 0 Å². The average Bonchev–Trinajstić information content (AvgIpc) is 3.07. The van der Waals surface area contributed by atoms with Gasteiger partial charge in [-0.05, 0) is 23.3 Å². The molecule has 0 saturated heterocycles. The van der Waals surface area contributed by atoms with E-state index < -0.39 is 6.10 Å². The monoisotopic (exact) mass is 297 g/mol. The lowest BCUT2D eigenvalue weighted by molar-refractivity contribution is 0.133. The van der Waals surface area contributed by atoms with E-state index in [9.17, 15) is 9.50 Å². The molecule has 0 fully saturated rings. The zero-order valence-corrected chi connectivity index (χ0v) is 11.9. The van der Waals surface area contributed by atoms with Gasteiger partial charge in [0.1, 0.15) is 5.82 Å². The second-order valence-electron chi connectivity index (χ2n) is 5.14. The average molecular weight is 297 g/mol. The van der Waals surface area contributed by atoms with Gasteiger partial charge in [-0.3, -0.25) is 4.68 Å². The summed E-state index contributed by atoms with van der Waals surface area (Å²) < 4.78 is 14.8. The summed E-state index contributed by atoms with van der Waals surface area (Å²) in [6, 6.07) is 15.7. The Balaban J connectivity index is 1.92. The van der Waals surface area contributed by atoms with Crippen molar-refractivity contribution in [2.45, 2.75) is 18.6 Å². The molecule has 1 heterocycles. The zero-order valence-electron chi connectivity index (χ0n) is 11.9. The van der Waals surface area contributed by atoms with Gasteiger partial charge in [0, 0.05) is 12.1 Å². The number of nitrogens with zero attached hydrogens (tertiary/aromatic N) is 3. The third kappa shape index (κ3) is 3.20. The van der Waals surface area contributed by atoms with Gasteiger partial charge in [0.25, 0.3) is 0 Å². The number of hydrogen-bond acceptors (Lipinski definition) is 3. The van der Waals surface area contributed by atoms with Gasteiger partial charge in [-0.25, -0.2) is 4.39 Å². The topological polar surface area (TPSA) is 50.9 Å². The molecule has 5 heteroatoms. The Labute approximate surface area is 127 Å². The Morgan fingerprint density at radius 2 is 1.73 bits per heavy atom. The first-order chi connectivity index (χ1) is 10.7. The Bertz CT molecular complexity index is 699. The van der Waals surface area contributed by atoms with Crippen LogP contribution in [0.4, 0.5) is 4.39 Å².